The predicted molar refractivity (Wildman–Crippen MR) is 88.8 cm³/mol. The third-order valence-corrected chi connectivity index (χ3v) is 3.49. The number of hydrogen-bond acceptors (Lipinski definition) is 2. The maximum atomic E-state index is 12.2. The van der Waals surface area contributed by atoms with Gasteiger partial charge in [0.1, 0.15) is 0 Å². The molecule has 21 heavy (non-hydrogen) atoms. The van der Waals surface area contributed by atoms with Gasteiger partial charge in [-0.2, -0.15) is 0 Å². The van der Waals surface area contributed by atoms with Gasteiger partial charge in [-0.05, 0) is 31.5 Å². The number of benzene rings is 2. The molecule has 1 N–H and O–H groups in total. The maximum absolute atomic E-state index is 12.2. The van der Waals surface area contributed by atoms with Gasteiger partial charge in [0.05, 0.1) is 17.8 Å². The van der Waals surface area contributed by atoms with Gasteiger partial charge in [0.2, 0.25) is 5.91 Å². The number of rotatable bonds is 6. The van der Waals surface area contributed by atoms with Gasteiger partial charge < -0.3 is 10.2 Å². The monoisotopic (exact) mass is 282 g/mol. The van der Waals surface area contributed by atoms with Crippen molar-refractivity contribution in [3.05, 3.63) is 60.2 Å². The fourth-order valence-electron chi connectivity index (χ4n) is 2.40. The number of amides is 1. The van der Waals surface area contributed by atoms with Gasteiger partial charge in [-0.1, -0.05) is 42.5 Å². The van der Waals surface area contributed by atoms with E-state index in [9.17, 15) is 4.79 Å². The zero-order valence-corrected chi connectivity index (χ0v) is 12.7. The quantitative estimate of drug-likeness (QED) is 0.876. The molecule has 1 amide bonds. The molecular formula is C18H22N2O. The van der Waals surface area contributed by atoms with Gasteiger partial charge in [-0.3, -0.25) is 4.79 Å². The van der Waals surface area contributed by atoms with Crippen LogP contribution in [0.25, 0.3) is 0 Å². The molecule has 2 aromatic rings. The van der Waals surface area contributed by atoms with E-state index in [1.165, 1.54) is 0 Å². The molecule has 0 aliphatic heterocycles. The lowest BCUT2D eigenvalue weighted by molar-refractivity contribution is -0.115. The van der Waals surface area contributed by atoms with E-state index in [4.69, 9.17) is 0 Å². The second-order valence-corrected chi connectivity index (χ2v) is 4.90. The minimum Gasteiger partial charge on any atom is -0.370 e. The van der Waals surface area contributed by atoms with Crippen molar-refractivity contribution in [2.24, 2.45) is 0 Å². The summed E-state index contributed by atoms with van der Waals surface area (Å²) in [5.74, 6) is 0.0146. The lowest BCUT2D eigenvalue weighted by Gasteiger charge is -2.24. The van der Waals surface area contributed by atoms with Gasteiger partial charge in [0, 0.05) is 13.1 Å². The Balaban J connectivity index is 2.10. The minimum absolute atomic E-state index is 0.0146. The lowest BCUT2D eigenvalue weighted by atomic mass is 10.1. The zero-order chi connectivity index (χ0) is 15.1. The Morgan fingerprint density at radius 2 is 1.57 bits per heavy atom. The Morgan fingerprint density at radius 1 is 0.952 bits per heavy atom. The molecule has 0 saturated heterocycles. The third-order valence-electron chi connectivity index (χ3n) is 3.49. The van der Waals surface area contributed by atoms with Crippen LogP contribution in [-0.4, -0.2) is 19.0 Å². The van der Waals surface area contributed by atoms with Crippen LogP contribution >= 0.6 is 0 Å². The fourth-order valence-corrected chi connectivity index (χ4v) is 2.40. The summed E-state index contributed by atoms with van der Waals surface area (Å²) in [5, 5.41) is 3.03. The molecule has 2 rings (SSSR count). The van der Waals surface area contributed by atoms with Gasteiger partial charge in [-0.15, -0.1) is 0 Å². The second-order valence-electron chi connectivity index (χ2n) is 4.90. The number of nitrogens with zero attached hydrogens (tertiary/aromatic N) is 1. The molecule has 2 aromatic carbocycles. The fraction of sp³-hybridized carbons (Fsp3) is 0.278. The summed E-state index contributed by atoms with van der Waals surface area (Å²) >= 11 is 0. The Labute approximate surface area is 126 Å². The van der Waals surface area contributed by atoms with Crippen molar-refractivity contribution in [2.45, 2.75) is 20.3 Å². The van der Waals surface area contributed by atoms with E-state index in [-0.39, 0.29) is 5.91 Å². The molecule has 0 aliphatic carbocycles. The Kier molecular flexibility index (Phi) is 5.38. The van der Waals surface area contributed by atoms with Crippen LogP contribution in [0.5, 0.6) is 0 Å². The van der Waals surface area contributed by atoms with Crippen molar-refractivity contribution in [3.8, 4) is 0 Å². The largest absolute Gasteiger partial charge is 0.370 e. The molecule has 0 heterocycles. The van der Waals surface area contributed by atoms with Crippen molar-refractivity contribution in [1.29, 1.82) is 0 Å². The van der Waals surface area contributed by atoms with Crippen molar-refractivity contribution < 1.29 is 4.79 Å². The van der Waals surface area contributed by atoms with Crippen molar-refractivity contribution in [3.63, 3.8) is 0 Å². The summed E-state index contributed by atoms with van der Waals surface area (Å²) < 4.78 is 0. The van der Waals surface area contributed by atoms with Gasteiger partial charge in [0.25, 0.3) is 0 Å². The standard InChI is InChI=1S/C18H22N2O/c1-3-20(4-2)17-13-9-8-12-16(17)19-18(21)14-15-10-6-5-7-11-15/h5-13H,3-4,14H2,1-2H3,(H,19,21). The summed E-state index contributed by atoms with van der Waals surface area (Å²) in [6, 6.07) is 17.7. The van der Waals surface area contributed by atoms with Crippen LogP contribution in [0.15, 0.2) is 54.6 Å². The lowest BCUT2D eigenvalue weighted by Crippen LogP contribution is -2.24. The smallest absolute Gasteiger partial charge is 0.228 e. The third kappa shape index (κ3) is 4.09. The first-order chi connectivity index (χ1) is 10.2. The Bertz CT molecular complexity index is 577. The van der Waals surface area contributed by atoms with Crippen LogP contribution in [0.1, 0.15) is 19.4 Å². The molecule has 0 saturated carbocycles. The van der Waals surface area contributed by atoms with Gasteiger partial charge >= 0.3 is 0 Å². The second kappa shape index (κ2) is 7.48. The van der Waals surface area contributed by atoms with Crippen LogP contribution in [0.4, 0.5) is 11.4 Å². The molecule has 110 valence electrons. The highest BCUT2D eigenvalue weighted by molar-refractivity contribution is 5.95. The average Bonchev–Trinajstić information content (AvgIpc) is 2.51. The molecule has 3 heteroatoms. The van der Waals surface area contributed by atoms with E-state index in [0.29, 0.717) is 6.42 Å². The molecule has 0 atom stereocenters. The molecule has 0 radical (unpaired) electrons. The Morgan fingerprint density at radius 3 is 2.24 bits per heavy atom. The molecule has 0 fully saturated rings. The number of carbonyl (C=O) groups is 1. The highest BCUT2D eigenvalue weighted by Crippen LogP contribution is 2.25. The number of carbonyl (C=O) groups excluding carboxylic acids is 1. The summed E-state index contributed by atoms with van der Waals surface area (Å²) in [6.07, 6.45) is 0.396. The maximum Gasteiger partial charge on any atom is 0.228 e. The molecule has 0 spiro atoms. The predicted octanol–water partition coefficient (Wildman–Crippen LogP) is 3.71. The number of nitrogens with one attached hydrogen (secondary N) is 1. The van der Waals surface area contributed by atoms with Gasteiger partial charge in [0.15, 0.2) is 0 Å². The summed E-state index contributed by atoms with van der Waals surface area (Å²) in [5.41, 5.74) is 2.97. The molecule has 3 nitrogen and oxygen atoms in total. The average molecular weight is 282 g/mol. The zero-order valence-electron chi connectivity index (χ0n) is 12.7. The molecule has 0 unspecified atom stereocenters. The van der Waals surface area contributed by atoms with E-state index in [1.54, 1.807) is 0 Å². The number of anilines is 2. The molecule has 0 bridgehead atoms. The number of hydrogen-bond donors (Lipinski definition) is 1. The molecule has 0 aliphatic rings. The summed E-state index contributed by atoms with van der Waals surface area (Å²) in [4.78, 5) is 14.4. The van der Waals surface area contributed by atoms with Crippen LogP contribution in [0.2, 0.25) is 0 Å². The Hall–Kier alpha value is -2.29. The molecular weight excluding hydrogens is 260 g/mol. The normalized spacial score (nSPS) is 10.2. The van der Waals surface area contributed by atoms with E-state index < -0.39 is 0 Å². The first-order valence-corrected chi connectivity index (χ1v) is 7.42. The summed E-state index contributed by atoms with van der Waals surface area (Å²) in [7, 11) is 0. The number of para-hydroxylation sites is 2. The van der Waals surface area contributed by atoms with E-state index in [2.05, 4.69) is 24.1 Å². The first-order valence-electron chi connectivity index (χ1n) is 7.42. The van der Waals surface area contributed by atoms with Gasteiger partial charge in [-0.25, -0.2) is 0 Å². The SMILES string of the molecule is CCN(CC)c1ccccc1NC(=O)Cc1ccccc1. The van der Waals surface area contributed by atoms with Crippen LogP contribution in [0, 0.1) is 0 Å². The minimum atomic E-state index is 0.0146. The van der Waals surface area contributed by atoms with Crippen molar-refractivity contribution in [2.75, 3.05) is 23.3 Å². The van der Waals surface area contributed by atoms with Crippen molar-refractivity contribution in [1.82, 2.24) is 0 Å². The molecule has 0 aromatic heterocycles. The highest BCUT2D eigenvalue weighted by Gasteiger charge is 2.10. The topological polar surface area (TPSA) is 32.3 Å². The van der Waals surface area contributed by atoms with Crippen LogP contribution in [0.3, 0.4) is 0 Å². The van der Waals surface area contributed by atoms with E-state index >= 15 is 0 Å². The van der Waals surface area contributed by atoms with Crippen LogP contribution in [-0.2, 0) is 11.2 Å². The van der Waals surface area contributed by atoms with Crippen molar-refractivity contribution >= 4 is 17.3 Å². The first kappa shape index (κ1) is 15.1. The van der Waals surface area contributed by atoms with E-state index in [0.717, 1.165) is 30.0 Å². The van der Waals surface area contributed by atoms with Crippen LogP contribution < -0.4 is 10.2 Å². The van der Waals surface area contributed by atoms with E-state index in [1.807, 2.05) is 54.6 Å². The summed E-state index contributed by atoms with van der Waals surface area (Å²) in [6.45, 7) is 6.07. The highest BCUT2D eigenvalue weighted by atomic mass is 16.1.